The summed E-state index contributed by atoms with van der Waals surface area (Å²) in [6.45, 7) is 7.46. The molecule has 0 heterocycles. The third kappa shape index (κ3) is 11.4. The predicted molar refractivity (Wildman–Crippen MR) is 110 cm³/mol. The molecular weight excluding hydrogens is 362 g/mol. The molecule has 1 rings (SSSR count). The number of hydrogen-bond acceptors (Lipinski definition) is 2. The molecule has 0 bridgehead atoms. The first-order chi connectivity index (χ1) is 11.5. The van der Waals surface area contributed by atoms with Crippen molar-refractivity contribution in [1.29, 1.82) is 0 Å². The summed E-state index contributed by atoms with van der Waals surface area (Å²) < 4.78 is 6.11. The van der Waals surface area contributed by atoms with Gasteiger partial charge in [-0.3, -0.25) is 0 Å². The molecule has 1 fully saturated rings. The lowest BCUT2D eigenvalue weighted by Gasteiger charge is -2.29. The molecule has 142 valence electrons. The second-order valence-electron chi connectivity index (χ2n) is 8.15. The van der Waals surface area contributed by atoms with Crippen LogP contribution >= 0.6 is 15.9 Å². The van der Waals surface area contributed by atoms with Gasteiger partial charge in [0.2, 0.25) is 0 Å². The molecule has 1 aliphatic rings. The highest BCUT2D eigenvalue weighted by molar-refractivity contribution is 9.09. The Morgan fingerprint density at radius 1 is 0.875 bits per heavy atom. The van der Waals surface area contributed by atoms with E-state index in [4.69, 9.17) is 4.74 Å². The zero-order valence-electron chi connectivity index (χ0n) is 16.4. The van der Waals surface area contributed by atoms with E-state index in [1.807, 2.05) is 0 Å². The van der Waals surface area contributed by atoms with Gasteiger partial charge in [0.05, 0.1) is 0 Å². The molecule has 0 aromatic heterocycles. The van der Waals surface area contributed by atoms with Crippen molar-refractivity contribution in [3.05, 3.63) is 11.5 Å². The summed E-state index contributed by atoms with van der Waals surface area (Å²) >= 11 is 3.50. The summed E-state index contributed by atoms with van der Waals surface area (Å²) in [5, 5.41) is 4.73. The van der Waals surface area contributed by atoms with Gasteiger partial charge in [-0.25, -0.2) is 0 Å². The fraction of sp³-hybridized carbons (Fsp3) is 0.905. The third-order valence-corrected chi connectivity index (χ3v) is 5.09. The Bertz CT molecular complexity index is 340. The van der Waals surface area contributed by atoms with Gasteiger partial charge < -0.3 is 10.1 Å². The highest BCUT2D eigenvalue weighted by atomic mass is 79.9. The second-order valence-corrected chi connectivity index (χ2v) is 8.94. The topological polar surface area (TPSA) is 21.3 Å². The van der Waals surface area contributed by atoms with E-state index in [2.05, 4.69) is 42.0 Å². The number of alkyl halides is 1. The molecular formula is C21H40BrNO. The third-order valence-electron chi connectivity index (χ3n) is 4.53. The summed E-state index contributed by atoms with van der Waals surface area (Å²) in [4.78, 5) is 0. The van der Waals surface area contributed by atoms with Crippen LogP contribution in [0.15, 0.2) is 11.5 Å². The summed E-state index contributed by atoms with van der Waals surface area (Å²) in [6.07, 6.45) is 17.6. The van der Waals surface area contributed by atoms with Gasteiger partial charge in [0.15, 0.2) is 5.88 Å². The molecule has 0 radical (unpaired) electrons. The van der Waals surface area contributed by atoms with Gasteiger partial charge in [-0.2, -0.15) is 0 Å². The van der Waals surface area contributed by atoms with Crippen LogP contribution in [0, 0.1) is 0 Å². The minimum Gasteiger partial charge on any atom is -0.474 e. The van der Waals surface area contributed by atoms with E-state index in [1.54, 1.807) is 0 Å². The molecule has 0 spiro atoms. The van der Waals surface area contributed by atoms with E-state index in [0.717, 1.165) is 12.4 Å². The van der Waals surface area contributed by atoms with Gasteiger partial charge in [-0.1, -0.05) is 67.3 Å². The fourth-order valence-corrected chi connectivity index (χ4v) is 3.35. The largest absolute Gasteiger partial charge is 0.474 e. The Hall–Kier alpha value is -0.180. The lowest BCUT2D eigenvalue weighted by Crippen LogP contribution is -2.29. The maximum atomic E-state index is 6.11. The second kappa shape index (κ2) is 13.1. The van der Waals surface area contributed by atoms with Crippen molar-refractivity contribution in [3.63, 3.8) is 0 Å². The van der Waals surface area contributed by atoms with Crippen LogP contribution in [0.4, 0.5) is 0 Å². The van der Waals surface area contributed by atoms with Crippen molar-refractivity contribution >= 4 is 15.9 Å². The van der Waals surface area contributed by atoms with Crippen molar-refractivity contribution < 1.29 is 4.74 Å². The smallest absolute Gasteiger partial charge is 0.186 e. The molecule has 0 atom stereocenters. The molecule has 0 aliphatic heterocycles. The Balaban J connectivity index is 1.97. The SMILES string of the molecule is CC(C)(C)OC(NCCCCCCCCCCCCBr)=C1CCC1. The lowest BCUT2D eigenvalue weighted by molar-refractivity contribution is 0.0359. The zero-order chi connectivity index (χ0) is 17.7. The lowest BCUT2D eigenvalue weighted by atomic mass is 9.92. The molecule has 1 aliphatic carbocycles. The molecule has 1 saturated carbocycles. The van der Waals surface area contributed by atoms with Crippen LogP contribution < -0.4 is 5.32 Å². The molecule has 24 heavy (non-hydrogen) atoms. The molecule has 3 heteroatoms. The van der Waals surface area contributed by atoms with Crippen LogP contribution in [-0.4, -0.2) is 17.5 Å². The quantitative estimate of drug-likeness (QED) is 0.190. The molecule has 0 saturated heterocycles. The molecule has 0 aromatic carbocycles. The van der Waals surface area contributed by atoms with Gasteiger partial charge in [-0.15, -0.1) is 0 Å². The normalized spacial score (nSPS) is 14.4. The van der Waals surface area contributed by atoms with Gasteiger partial charge >= 0.3 is 0 Å². The maximum absolute atomic E-state index is 6.11. The first-order valence-corrected chi connectivity index (χ1v) is 11.4. The number of ether oxygens (including phenoxy) is 1. The van der Waals surface area contributed by atoms with Gasteiger partial charge in [0, 0.05) is 11.9 Å². The average molecular weight is 402 g/mol. The van der Waals surface area contributed by atoms with Crippen molar-refractivity contribution in [2.75, 3.05) is 11.9 Å². The van der Waals surface area contributed by atoms with Crippen LogP contribution in [0.3, 0.4) is 0 Å². The van der Waals surface area contributed by atoms with Crippen molar-refractivity contribution in [2.45, 2.75) is 110 Å². The standard InChI is InChI=1S/C21H40BrNO/c1-21(2,3)24-20(19-15-14-16-19)23-18-13-11-9-7-5-4-6-8-10-12-17-22/h23H,4-18H2,1-3H3. The highest BCUT2D eigenvalue weighted by Crippen LogP contribution is 2.30. The number of unbranched alkanes of at least 4 members (excludes halogenated alkanes) is 9. The van der Waals surface area contributed by atoms with Gasteiger partial charge in [0.25, 0.3) is 0 Å². The van der Waals surface area contributed by atoms with E-state index < -0.39 is 0 Å². The average Bonchev–Trinajstić information content (AvgIpc) is 2.45. The monoisotopic (exact) mass is 401 g/mol. The number of allylic oxidation sites excluding steroid dienone is 1. The predicted octanol–water partition coefficient (Wildman–Crippen LogP) is 7.08. The molecule has 0 aromatic rings. The van der Waals surface area contributed by atoms with Crippen molar-refractivity contribution in [2.24, 2.45) is 0 Å². The van der Waals surface area contributed by atoms with Crippen LogP contribution in [0.2, 0.25) is 0 Å². The van der Waals surface area contributed by atoms with E-state index in [0.29, 0.717) is 0 Å². The van der Waals surface area contributed by atoms with Gasteiger partial charge in [0.1, 0.15) is 5.60 Å². The van der Waals surface area contributed by atoms with E-state index in [1.165, 1.54) is 94.4 Å². The summed E-state index contributed by atoms with van der Waals surface area (Å²) in [7, 11) is 0. The van der Waals surface area contributed by atoms with Gasteiger partial charge in [-0.05, 0) is 58.4 Å². The van der Waals surface area contributed by atoms with Crippen LogP contribution in [0.25, 0.3) is 0 Å². The minimum absolute atomic E-state index is 0.0978. The Labute approximate surface area is 159 Å². The summed E-state index contributed by atoms with van der Waals surface area (Å²) in [5.41, 5.74) is 1.39. The number of halogens is 1. The number of rotatable bonds is 14. The number of nitrogens with one attached hydrogen (secondary N) is 1. The zero-order valence-corrected chi connectivity index (χ0v) is 18.0. The van der Waals surface area contributed by atoms with E-state index in [-0.39, 0.29) is 5.60 Å². The first kappa shape index (κ1) is 21.9. The first-order valence-electron chi connectivity index (χ1n) is 10.2. The Morgan fingerprint density at radius 3 is 1.79 bits per heavy atom. The summed E-state index contributed by atoms with van der Waals surface area (Å²) in [6, 6.07) is 0. The van der Waals surface area contributed by atoms with Crippen molar-refractivity contribution in [3.8, 4) is 0 Å². The summed E-state index contributed by atoms with van der Waals surface area (Å²) in [5.74, 6) is 1.08. The van der Waals surface area contributed by atoms with Crippen LogP contribution in [0.5, 0.6) is 0 Å². The molecule has 1 N–H and O–H groups in total. The highest BCUT2D eigenvalue weighted by Gasteiger charge is 2.20. The van der Waals surface area contributed by atoms with Crippen LogP contribution in [-0.2, 0) is 4.74 Å². The number of hydrogen-bond donors (Lipinski definition) is 1. The van der Waals surface area contributed by atoms with Crippen LogP contribution in [0.1, 0.15) is 104 Å². The Kier molecular flexibility index (Phi) is 11.9. The molecule has 2 nitrogen and oxygen atoms in total. The Morgan fingerprint density at radius 2 is 1.38 bits per heavy atom. The fourth-order valence-electron chi connectivity index (χ4n) is 2.96. The minimum atomic E-state index is -0.0978. The maximum Gasteiger partial charge on any atom is 0.186 e. The van der Waals surface area contributed by atoms with Crippen molar-refractivity contribution in [1.82, 2.24) is 5.32 Å². The molecule has 0 unspecified atom stereocenters. The molecule has 0 amide bonds. The van der Waals surface area contributed by atoms with E-state index >= 15 is 0 Å². The van der Waals surface area contributed by atoms with E-state index in [9.17, 15) is 0 Å².